The lowest BCUT2D eigenvalue weighted by Gasteiger charge is -2.30. The van der Waals surface area contributed by atoms with Gasteiger partial charge in [0.2, 0.25) is 0 Å². The Balaban J connectivity index is 1.67. The highest BCUT2D eigenvalue weighted by Gasteiger charge is 2.36. The molecule has 0 bridgehead atoms. The molecule has 2 aliphatic heterocycles. The van der Waals surface area contributed by atoms with Crippen molar-refractivity contribution < 1.29 is 14.6 Å². The standard InChI is InChI=1S/C19H28N2O3/c1-2-15-5-3-4-6-18(15)19(23)21-12-16(17(13-21)14-22)11-20-7-9-24-10-8-20/h3-6,16-17,22H,2,7-14H2,1H3/t16-,17-/m1/s1. The van der Waals surface area contributed by atoms with E-state index < -0.39 is 0 Å². The molecule has 0 aliphatic carbocycles. The van der Waals surface area contributed by atoms with Crippen LogP contribution in [0.15, 0.2) is 24.3 Å². The van der Waals surface area contributed by atoms with Crippen LogP contribution >= 0.6 is 0 Å². The quantitative estimate of drug-likeness (QED) is 0.882. The van der Waals surface area contributed by atoms with E-state index in [0.29, 0.717) is 12.5 Å². The van der Waals surface area contributed by atoms with Crippen LogP contribution in [0.2, 0.25) is 0 Å². The smallest absolute Gasteiger partial charge is 0.254 e. The highest BCUT2D eigenvalue weighted by atomic mass is 16.5. The van der Waals surface area contributed by atoms with Crippen molar-refractivity contribution in [2.45, 2.75) is 13.3 Å². The van der Waals surface area contributed by atoms with Gasteiger partial charge in [0.05, 0.1) is 13.2 Å². The minimum absolute atomic E-state index is 0.107. The average Bonchev–Trinajstić information content (AvgIpc) is 3.04. The van der Waals surface area contributed by atoms with Gasteiger partial charge in [-0.3, -0.25) is 9.69 Å². The number of aliphatic hydroxyl groups is 1. The summed E-state index contributed by atoms with van der Waals surface area (Å²) >= 11 is 0. The van der Waals surface area contributed by atoms with Crippen molar-refractivity contribution >= 4 is 5.91 Å². The predicted octanol–water partition coefficient (Wildman–Crippen LogP) is 1.26. The molecule has 0 unspecified atom stereocenters. The van der Waals surface area contributed by atoms with Crippen LogP contribution in [-0.4, -0.2) is 73.4 Å². The van der Waals surface area contributed by atoms with Crippen molar-refractivity contribution in [3.05, 3.63) is 35.4 Å². The summed E-state index contributed by atoms with van der Waals surface area (Å²) in [5, 5.41) is 9.76. The molecule has 132 valence electrons. The van der Waals surface area contributed by atoms with Crippen molar-refractivity contribution in [1.29, 1.82) is 0 Å². The molecule has 0 saturated carbocycles. The fourth-order valence-corrected chi connectivity index (χ4v) is 3.84. The van der Waals surface area contributed by atoms with Crippen LogP contribution in [0.25, 0.3) is 0 Å². The van der Waals surface area contributed by atoms with Crippen LogP contribution in [0, 0.1) is 11.8 Å². The van der Waals surface area contributed by atoms with Gasteiger partial charge in [-0.05, 0) is 24.0 Å². The van der Waals surface area contributed by atoms with Crippen LogP contribution in [0.4, 0.5) is 0 Å². The first-order valence-electron chi connectivity index (χ1n) is 9.01. The molecular formula is C19H28N2O3. The molecule has 1 aromatic carbocycles. The second-order valence-electron chi connectivity index (χ2n) is 6.84. The number of carbonyl (C=O) groups is 1. The highest BCUT2D eigenvalue weighted by Crippen LogP contribution is 2.26. The first kappa shape index (κ1) is 17.4. The Morgan fingerprint density at radius 2 is 1.92 bits per heavy atom. The van der Waals surface area contributed by atoms with Gasteiger partial charge >= 0.3 is 0 Å². The van der Waals surface area contributed by atoms with Gasteiger partial charge in [0.1, 0.15) is 0 Å². The summed E-state index contributed by atoms with van der Waals surface area (Å²) in [5.74, 6) is 0.617. The SMILES string of the molecule is CCc1ccccc1C(=O)N1C[C@@H](CN2CCOCC2)[C@@H](CO)C1. The van der Waals surface area contributed by atoms with Crippen LogP contribution < -0.4 is 0 Å². The average molecular weight is 332 g/mol. The molecule has 1 aromatic rings. The number of carbonyl (C=O) groups excluding carboxylic acids is 1. The minimum Gasteiger partial charge on any atom is -0.396 e. The van der Waals surface area contributed by atoms with Gasteiger partial charge in [0, 0.05) is 50.8 Å². The van der Waals surface area contributed by atoms with Crippen molar-refractivity contribution in [2.75, 3.05) is 52.5 Å². The molecule has 24 heavy (non-hydrogen) atoms. The topological polar surface area (TPSA) is 53.0 Å². The van der Waals surface area contributed by atoms with Gasteiger partial charge in [-0.25, -0.2) is 0 Å². The van der Waals surface area contributed by atoms with Gasteiger partial charge in [-0.2, -0.15) is 0 Å². The monoisotopic (exact) mass is 332 g/mol. The molecule has 2 aliphatic rings. The summed E-state index contributed by atoms with van der Waals surface area (Å²) in [5.41, 5.74) is 1.91. The van der Waals surface area contributed by atoms with E-state index in [-0.39, 0.29) is 18.4 Å². The fourth-order valence-electron chi connectivity index (χ4n) is 3.84. The Morgan fingerprint density at radius 1 is 1.21 bits per heavy atom. The van der Waals surface area contributed by atoms with Crippen molar-refractivity contribution in [2.24, 2.45) is 11.8 Å². The number of likely N-dealkylation sites (tertiary alicyclic amines) is 1. The molecule has 1 N–H and O–H groups in total. The molecule has 0 aromatic heterocycles. The molecule has 3 rings (SSSR count). The molecule has 0 radical (unpaired) electrons. The van der Waals surface area contributed by atoms with Crippen molar-refractivity contribution in [3.63, 3.8) is 0 Å². The van der Waals surface area contributed by atoms with E-state index >= 15 is 0 Å². The lowest BCUT2D eigenvalue weighted by molar-refractivity contribution is 0.0264. The predicted molar refractivity (Wildman–Crippen MR) is 93.0 cm³/mol. The Kier molecular flexibility index (Phi) is 5.87. The van der Waals surface area contributed by atoms with Crippen molar-refractivity contribution in [1.82, 2.24) is 9.80 Å². The largest absolute Gasteiger partial charge is 0.396 e. The van der Waals surface area contributed by atoms with E-state index in [9.17, 15) is 9.90 Å². The summed E-state index contributed by atoms with van der Waals surface area (Å²) in [6.45, 7) is 8.01. The summed E-state index contributed by atoms with van der Waals surface area (Å²) in [6, 6.07) is 7.86. The molecule has 0 spiro atoms. The third kappa shape index (κ3) is 3.79. The Labute approximate surface area is 144 Å². The number of hydrogen-bond acceptors (Lipinski definition) is 4. The van der Waals surface area contributed by atoms with Gasteiger partial charge in [0.15, 0.2) is 0 Å². The zero-order valence-electron chi connectivity index (χ0n) is 14.5. The maximum Gasteiger partial charge on any atom is 0.254 e. The second-order valence-corrected chi connectivity index (χ2v) is 6.84. The van der Waals surface area contributed by atoms with Crippen LogP contribution in [-0.2, 0) is 11.2 Å². The molecule has 2 heterocycles. The number of benzene rings is 1. The normalized spacial score (nSPS) is 25.2. The maximum absolute atomic E-state index is 12.9. The molecule has 2 saturated heterocycles. The Bertz CT molecular complexity index is 557. The molecule has 1 amide bonds. The number of nitrogens with zero attached hydrogens (tertiary/aromatic N) is 2. The Hall–Kier alpha value is -1.43. The highest BCUT2D eigenvalue weighted by molar-refractivity contribution is 5.95. The Morgan fingerprint density at radius 3 is 2.62 bits per heavy atom. The molecule has 5 nitrogen and oxygen atoms in total. The van der Waals surface area contributed by atoms with E-state index in [0.717, 1.165) is 56.9 Å². The summed E-state index contributed by atoms with van der Waals surface area (Å²) in [7, 11) is 0. The molecule has 5 heteroatoms. The summed E-state index contributed by atoms with van der Waals surface area (Å²) in [6.07, 6.45) is 0.858. The number of aryl methyl sites for hydroxylation is 1. The summed E-state index contributed by atoms with van der Waals surface area (Å²) in [4.78, 5) is 17.3. The maximum atomic E-state index is 12.9. The van der Waals surface area contributed by atoms with Crippen LogP contribution in [0.5, 0.6) is 0 Å². The zero-order chi connectivity index (χ0) is 16.9. The van der Waals surface area contributed by atoms with Crippen molar-refractivity contribution in [3.8, 4) is 0 Å². The molecule has 2 atom stereocenters. The molecular weight excluding hydrogens is 304 g/mol. The van der Waals surface area contributed by atoms with Gasteiger partial charge in [0.25, 0.3) is 5.91 Å². The van der Waals surface area contributed by atoms with Crippen LogP contribution in [0.3, 0.4) is 0 Å². The summed E-state index contributed by atoms with van der Waals surface area (Å²) < 4.78 is 5.40. The number of amides is 1. The number of ether oxygens (including phenoxy) is 1. The van der Waals surface area contributed by atoms with E-state index in [1.807, 2.05) is 29.2 Å². The minimum atomic E-state index is 0.107. The zero-order valence-corrected chi connectivity index (χ0v) is 14.5. The third-order valence-electron chi connectivity index (χ3n) is 5.32. The number of hydrogen-bond donors (Lipinski definition) is 1. The number of rotatable bonds is 5. The number of morpholine rings is 1. The van der Waals surface area contributed by atoms with Crippen LogP contribution in [0.1, 0.15) is 22.8 Å². The second kappa shape index (κ2) is 8.10. The van der Waals surface area contributed by atoms with E-state index in [1.165, 1.54) is 0 Å². The number of aliphatic hydroxyl groups excluding tert-OH is 1. The lowest BCUT2D eigenvalue weighted by atomic mass is 9.96. The van der Waals surface area contributed by atoms with Gasteiger partial charge < -0.3 is 14.7 Å². The third-order valence-corrected chi connectivity index (χ3v) is 5.32. The fraction of sp³-hybridized carbons (Fsp3) is 0.632. The van der Waals surface area contributed by atoms with E-state index in [4.69, 9.17) is 4.74 Å². The first-order chi connectivity index (χ1) is 11.7. The first-order valence-corrected chi connectivity index (χ1v) is 9.01. The lowest BCUT2D eigenvalue weighted by Crippen LogP contribution is -2.41. The van der Waals surface area contributed by atoms with Gasteiger partial charge in [-0.15, -0.1) is 0 Å². The molecule has 2 fully saturated rings. The van der Waals surface area contributed by atoms with Gasteiger partial charge in [-0.1, -0.05) is 25.1 Å². The van der Waals surface area contributed by atoms with E-state index in [2.05, 4.69) is 11.8 Å². The van der Waals surface area contributed by atoms with E-state index in [1.54, 1.807) is 0 Å².